The zero-order valence-electron chi connectivity index (χ0n) is 16.4. The lowest BCUT2D eigenvalue weighted by molar-refractivity contribution is 0.0251. The molecule has 0 unspecified atom stereocenters. The normalized spacial score (nSPS) is 14.9. The fourth-order valence-electron chi connectivity index (χ4n) is 3.33. The number of anilines is 1. The summed E-state index contributed by atoms with van der Waals surface area (Å²) in [7, 11) is 0. The highest BCUT2D eigenvalue weighted by Crippen LogP contribution is 2.30. The van der Waals surface area contributed by atoms with E-state index < -0.39 is 0 Å². The van der Waals surface area contributed by atoms with E-state index in [1.807, 2.05) is 24.3 Å². The van der Waals surface area contributed by atoms with Crippen LogP contribution in [0.2, 0.25) is 5.02 Å². The third-order valence-corrected chi connectivity index (χ3v) is 5.33. The summed E-state index contributed by atoms with van der Waals surface area (Å²) in [6.07, 6.45) is 4.06. The molecule has 1 aliphatic heterocycles. The molecule has 0 bridgehead atoms. The van der Waals surface area contributed by atoms with Gasteiger partial charge in [-0.15, -0.1) is 0 Å². The lowest BCUT2D eigenvalue weighted by Gasteiger charge is -2.34. The molecular formula is C23H28ClNO3. The summed E-state index contributed by atoms with van der Waals surface area (Å²) in [5.74, 6) is -0.310. The van der Waals surface area contributed by atoms with Crippen molar-refractivity contribution in [3.8, 4) is 0 Å². The van der Waals surface area contributed by atoms with E-state index in [1.54, 1.807) is 12.1 Å². The number of piperidine rings is 1. The Balaban J connectivity index is 1.50. The maximum Gasteiger partial charge on any atom is 0.338 e. The van der Waals surface area contributed by atoms with E-state index >= 15 is 0 Å². The van der Waals surface area contributed by atoms with Crippen LogP contribution in [0.4, 0.5) is 5.69 Å². The lowest BCUT2D eigenvalue weighted by atomic mass is 10.1. The molecule has 2 aromatic rings. The van der Waals surface area contributed by atoms with Crippen LogP contribution >= 0.6 is 11.6 Å². The number of carbonyl (C=O) groups is 1. The second-order valence-electron chi connectivity index (χ2n) is 7.14. The molecule has 0 radical (unpaired) electrons. The van der Waals surface area contributed by atoms with Crippen LogP contribution in [0.3, 0.4) is 0 Å². The van der Waals surface area contributed by atoms with Crippen molar-refractivity contribution in [2.75, 3.05) is 24.6 Å². The van der Waals surface area contributed by atoms with E-state index in [2.05, 4.69) is 24.0 Å². The molecule has 3 rings (SSSR count). The molecule has 4 nitrogen and oxygen atoms in total. The van der Waals surface area contributed by atoms with Crippen molar-refractivity contribution in [2.45, 2.75) is 45.3 Å². The minimum absolute atomic E-state index is 0.267. The van der Waals surface area contributed by atoms with Crippen molar-refractivity contribution in [1.82, 2.24) is 0 Å². The van der Waals surface area contributed by atoms with E-state index in [4.69, 9.17) is 21.1 Å². The number of halogens is 1. The minimum Gasteiger partial charge on any atom is -0.462 e. The highest BCUT2D eigenvalue weighted by atomic mass is 35.5. The Morgan fingerprint density at radius 3 is 2.57 bits per heavy atom. The van der Waals surface area contributed by atoms with E-state index in [0.717, 1.165) is 44.5 Å². The van der Waals surface area contributed by atoms with E-state index in [1.165, 1.54) is 5.56 Å². The van der Waals surface area contributed by atoms with Crippen LogP contribution in [0, 0.1) is 0 Å². The second kappa shape index (κ2) is 10.5. The number of benzene rings is 2. The average molecular weight is 402 g/mol. The van der Waals surface area contributed by atoms with Gasteiger partial charge in [-0.2, -0.15) is 0 Å². The fraction of sp³-hybridized carbons (Fsp3) is 0.435. The molecule has 1 heterocycles. The molecule has 0 saturated carbocycles. The van der Waals surface area contributed by atoms with Gasteiger partial charge in [0.25, 0.3) is 0 Å². The number of unbranched alkanes of at least 4 members (excludes halogenated alkanes) is 1. The predicted octanol–water partition coefficient (Wildman–Crippen LogP) is 5.48. The van der Waals surface area contributed by atoms with Crippen molar-refractivity contribution < 1.29 is 14.3 Å². The first-order valence-corrected chi connectivity index (χ1v) is 10.4. The number of nitrogens with zero attached hydrogens (tertiary/aromatic N) is 1. The van der Waals surface area contributed by atoms with Crippen molar-refractivity contribution in [1.29, 1.82) is 0 Å². The summed E-state index contributed by atoms with van der Waals surface area (Å²) < 4.78 is 11.3. The Morgan fingerprint density at radius 1 is 1.14 bits per heavy atom. The van der Waals surface area contributed by atoms with Crippen molar-refractivity contribution in [3.63, 3.8) is 0 Å². The van der Waals surface area contributed by atoms with Gasteiger partial charge >= 0.3 is 5.97 Å². The Labute approximate surface area is 172 Å². The molecule has 0 spiro atoms. The van der Waals surface area contributed by atoms with Crippen LogP contribution in [0.5, 0.6) is 0 Å². The van der Waals surface area contributed by atoms with Gasteiger partial charge in [-0.1, -0.05) is 55.3 Å². The molecule has 0 aliphatic carbocycles. The Morgan fingerprint density at radius 2 is 1.89 bits per heavy atom. The van der Waals surface area contributed by atoms with Gasteiger partial charge < -0.3 is 14.4 Å². The summed E-state index contributed by atoms with van der Waals surface area (Å²) in [4.78, 5) is 14.3. The third kappa shape index (κ3) is 5.73. The Hall–Kier alpha value is -2.04. The molecule has 1 saturated heterocycles. The van der Waals surface area contributed by atoms with E-state index in [-0.39, 0.29) is 12.1 Å². The van der Waals surface area contributed by atoms with Crippen molar-refractivity contribution in [3.05, 3.63) is 64.7 Å². The van der Waals surface area contributed by atoms with Gasteiger partial charge in [0.05, 0.1) is 35.6 Å². The largest absolute Gasteiger partial charge is 0.462 e. The molecule has 2 aromatic carbocycles. The van der Waals surface area contributed by atoms with Gasteiger partial charge in [-0.3, -0.25) is 0 Å². The monoisotopic (exact) mass is 401 g/mol. The van der Waals surface area contributed by atoms with Gasteiger partial charge in [0.1, 0.15) is 0 Å². The van der Waals surface area contributed by atoms with Crippen molar-refractivity contribution >= 4 is 23.3 Å². The summed E-state index contributed by atoms with van der Waals surface area (Å²) in [5.41, 5.74) is 2.67. The van der Waals surface area contributed by atoms with Crippen LogP contribution in [-0.2, 0) is 16.1 Å². The number of hydrogen-bond acceptors (Lipinski definition) is 4. The summed E-state index contributed by atoms with van der Waals surface area (Å²) in [5, 5.41) is 0.591. The first kappa shape index (κ1) is 20.7. The molecule has 0 N–H and O–H groups in total. The maximum absolute atomic E-state index is 12.1. The first-order chi connectivity index (χ1) is 13.7. The Kier molecular flexibility index (Phi) is 7.75. The van der Waals surface area contributed by atoms with Crippen LogP contribution in [-0.4, -0.2) is 31.8 Å². The van der Waals surface area contributed by atoms with E-state index in [9.17, 15) is 4.79 Å². The second-order valence-corrected chi connectivity index (χ2v) is 7.55. The highest BCUT2D eigenvalue weighted by Gasteiger charge is 2.22. The summed E-state index contributed by atoms with van der Waals surface area (Å²) in [6.45, 7) is 4.95. The van der Waals surface area contributed by atoms with Crippen molar-refractivity contribution in [2.24, 2.45) is 0 Å². The number of ether oxygens (including phenoxy) is 2. The van der Waals surface area contributed by atoms with Gasteiger partial charge in [-0.05, 0) is 43.0 Å². The topological polar surface area (TPSA) is 38.8 Å². The molecule has 5 heteroatoms. The fourth-order valence-corrected chi connectivity index (χ4v) is 3.63. The molecule has 150 valence electrons. The number of rotatable bonds is 8. The van der Waals surface area contributed by atoms with Crippen LogP contribution in [0.1, 0.15) is 48.5 Å². The SMILES string of the molecule is CCCCOC(=O)c1ccc(N2CCC(OCc3ccccc3)CC2)c(Cl)c1. The molecule has 28 heavy (non-hydrogen) atoms. The minimum atomic E-state index is -0.310. The lowest BCUT2D eigenvalue weighted by Crippen LogP contribution is -2.37. The number of carbonyl (C=O) groups excluding carboxylic acids is 1. The predicted molar refractivity (Wildman–Crippen MR) is 113 cm³/mol. The highest BCUT2D eigenvalue weighted by molar-refractivity contribution is 6.33. The smallest absolute Gasteiger partial charge is 0.338 e. The number of hydrogen-bond donors (Lipinski definition) is 0. The molecule has 1 fully saturated rings. The summed E-state index contributed by atoms with van der Waals surface area (Å²) in [6, 6.07) is 15.7. The van der Waals surface area contributed by atoms with Gasteiger partial charge in [0.2, 0.25) is 0 Å². The third-order valence-electron chi connectivity index (χ3n) is 5.03. The maximum atomic E-state index is 12.1. The van der Waals surface area contributed by atoms with Crippen LogP contribution < -0.4 is 4.90 Å². The van der Waals surface area contributed by atoms with Gasteiger partial charge in [0.15, 0.2) is 0 Å². The Bertz CT molecular complexity index is 758. The molecule has 0 atom stereocenters. The van der Waals surface area contributed by atoms with Gasteiger partial charge in [0, 0.05) is 13.1 Å². The molecule has 0 aromatic heterocycles. The summed E-state index contributed by atoms with van der Waals surface area (Å²) >= 11 is 6.47. The molecule has 1 aliphatic rings. The molecule has 0 amide bonds. The van der Waals surface area contributed by atoms with Crippen LogP contribution in [0.15, 0.2) is 48.5 Å². The zero-order chi connectivity index (χ0) is 19.8. The van der Waals surface area contributed by atoms with Crippen LogP contribution in [0.25, 0.3) is 0 Å². The van der Waals surface area contributed by atoms with E-state index in [0.29, 0.717) is 23.8 Å². The molecular weight excluding hydrogens is 374 g/mol. The quantitative estimate of drug-likeness (QED) is 0.433. The number of esters is 1. The first-order valence-electron chi connectivity index (χ1n) is 10.0. The average Bonchev–Trinajstić information content (AvgIpc) is 2.73. The van der Waals surface area contributed by atoms with Gasteiger partial charge in [-0.25, -0.2) is 4.79 Å². The zero-order valence-corrected chi connectivity index (χ0v) is 17.2. The standard InChI is InChI=1S/C23H28ClNO3/c1-2-3-15-27-23(26)19-9-10-22(21(24)16-19)25-13-11-20(12-14-25)28-17-18-7-5-4-6-8-18/h4-10,16,20H,2-3,11-15,17H2,1H3.